The van der Waals surface area contributed by atoms with Crippen molar-refractivity contribution in [1.29, 1.82) is 0 Å². The van der Waals surface area contributed by atoms with Crippen LogP contribution in [0.25, 0.3) is 10.9 Å². The Bertz CT molecular complexity index is 758. The van der Waals surface area contributed by atoms with Crippen LogP contribution in [0.3, 0.4) is 0 Å². The Balaban J connectivity index is 1.96. The zero-order valence-corrected chi connectivity index (χ0v) is 11.1. The molecular formula is C13H10N4O2S. The highest BCUT2D eigenvalue weighted by Crippen LogP contribution is 2.24. The van der Waals surface area contributed by atoms with Crippen molar-refractivity contribution in [1.82, 2.24) is 9.97 Å². The minimum Gasteiger partial charge on any atom is -0.365 e. The van der Waals surface area contributed by atoms with Gasteiger partial charge in [-0.3, -0.25) is 10.1 Å². The molecule has 0 atom stereocenters. The van der Waals surface area contributed by atoms with Crippen molar-refractivity contribution in [3.05, 3.63) is 57.0 Å². The van der Waals surface area contributed by atoms with Gasteiger partial charge in [-0.15, -0.1) is 0 Å². The van der Waals surface area contributed by atoms with Gasteiger partial charge in [-0.05, 0) is 28.5 Å². The number of nitro benzene ring substituents is 1. The van der Waals surface area contributed by atoms with E-state index in [1.165, 1.54) is 18.5 Å². The minimum absolute atomic E-state index is 0.0332. The van der Waals surface area contributed by atoms with E-state index < -0.39 is 4.92 Å². The molecule has 3 rings (SSSR count). The molecule has 0 aliphatic rings. The maximum atomic E-state index is 10.8. The van der Waals surface area contributed by atoms with Crippen LogP contribution in [0.4, 0.5) is 11.5 Å². The number of non-ortho nitro benzene ring substituents is 1. The lowest BCUT2D eigenvalue weighted by Gasteiger charge is -2.07. The molecule has 0 spiro atoms. The number of hydrogen-bond acceptors (Lipinski definition) is 6. The predicted octanol–water partition coefficient (Wildman–Crippen LogP) is 3.21. The number of nitrogens with one attached hydrogen (secondary N) is 1. The van der Waals surface area contributed by atoms with Crippen molar-refractivity contribution >= 4 is 33.7 Å². The summed E-state index contributed by atoms with van der Waals surface area (Å²) in [4.78, 5) is 18.7. The summed E-state index contributed by atoms with van der Waals surface area (Å²) in [5.74, 6) is 0.602. The van der Waals surface area contributed by atoms with Gasteiger partial charge >= 0.3 is 0 Å². The molecule has 0 unspecified atom stereocenters. The first-order valence-electron chi connectivity index (χ1n) is 5.88. The highest BCUT2D eigenvalue weighted by Gasteiger charge is 2.10. The molecule has 1 aromatic carbocycles. The fourth-order valence-corrected chi connectivity index (χ4v) is 2.55. The molecule has 2 aromatic heterocycles. The van der Waals surface area contributed by atoms with Crippen molar-refractivity contribution in [2.24, 2.45) is 0 Å². The average molecular weight is 286 g/mol. The molecule has 0 amide bonds. The van der Waals surface area contributed by atoms with Crippen LogP contribution in [0.1, 0.15) is 5.56 Å². The van der Waals surface area contributed by atoms with E-state index in [0.29, 0.717) is 23.3 Å². The topological polar surface area (TPSA) is 81.0 Å². The molecule has 0 saturated heterocycles. The van der Waals surface area contributed by atoms with Gasteiger partial charge in [0.15, 0.2) is 0 Å². The first kappa shape index (κ1) is 12.5. The zero-order valence-electron chi connectivity index (χ0n) is 10.3. The molecule has 3 aromatic rings. The maximum Gasteiger partial charge on any atom is 0.270 e. The van der Waals surface area contributed by atoms with E-state index in [2.05, 4.69) is 15.3 Å². The van der Waals surface area contributed by atoms with Crippen molar-refractivity contribution in [2.75, 3.05) is 5.32 Å². The largest absolute Gasteiger partial charge is 0.365 e. The molecule has 1 N–H and O–H groups in total. The highest BCUT2D eigenvalue weighted by molar-refractivity contribution is 7.07. The second-order valence-corrected chi connectivity index (χ2v) is 4.95. The van der Waals surface area contributed by atoms with Gasteiger partial charge in [0.25, 0.3) is 5.69 Å². The molecular weight excluding hydrogens is 276 g/mol. The third-order valence-electron chi connectivity index (χ3n) is 2.87. The Kier molecular flexibility index (Phi) is 3.26. The summed E-state index contributed by atoms with van der Waals surface area (Å²) in [5.41, 5.74) is 1.86. The summed E-state index contributed by atoms with van der Waals surface area (Å²) in [6.45, 7) is 0.623. The van der Waals surface area contributed by atoms with Crippen LogP contribution in [0.5, 0.6) is 0 Å². The van der Waals surface area contributed by atoms with Crippen LogP contribution < -0.4 is 5.32 Å². The van der Waals surface area contributed by atoms with Crippen molar-refractivity contribution in [2.45, 2.75) is 6.54 Å². The van der Waals surface area contributed by atoms with Crippen molar-refractivity contribution < 1.29 is 4.92 Å². The first-order chi connectivity index (χ1) is 9.74. The van der Waals surface area contributed by atoms with E-state index in [0.717, 1.165) is 5.56 Å². The third-order valence-corrected chi connectivity index (χ3v) is 3.60. The van der Waals surface area contributed by atoms with E-state index in [9.17, 15) is 10.1 Å². The monoisotopic (exact) mass is 286 g/mol. The summed E-state index contributed by atoms with van der Waals surface area (Å²) in [6, 6.07) is 6.58. The molecule has 2 heterocycles. The maximum absolute atomic E-state index is 10.8. The summed E-state index contributed by atoms with van der Waals surface area (Å²) in [7, 11) is 0. The molecule has 0 bridgehead atoms. The highest BCUT2D eigenvalue weighted by atomic mass is 32.1. The average Bonchev–Trinajstić information content (AvgIpc) is 2.97. The zero-order chi connectivity index (χ0) is 13.9. The van der Waals surface area contributed by atoms with Crippen molar-refractivity contribution in [3.63, 3.8) is 0 Å². The smallest absolute Gasteiger partial charge is 0.270 e. The van der Waals surface area contributed by atoms with Gasteiger partial charge < -0.3 is 5.32 Å². The van der Waals surface area contributed by atoms with Gasteiger partial charge in [-0.1, -0.05) is 0 Å². The Hall–Kier alpha value is -2.54. The summed E-state index contributed by atoms with van der Waals surface area (Å²) in [6.07, 6.45) is 1.45. The van der Waals surface area contributed by atoms with E-state index in [4.69, 9.17) is 0 Å². The van der Waals surface area contributed by atoms with Crippen LogP contribution in [-0.2, 0) is 6.54 Å². The number of fused-ring (bicyclic) bond motifs is 1. The van der Waals surface area contributed by atoms with Crippen LogP contribution in [0, 0.1) is 10.1 Å². The van der Waals surface area contributed by atoms with Gasteiger partial charge in [-0.25, -0.2) is 9.97 Å². The quantitative estimate of drug-likeness (QED) is 0.588. The molecule has 0 fully saturated rings. The van der Waals surface area contributed by atoms with Crippen LogP contribution >= 0.6 is 11.3 Å². The Labute approximate surface area is 118 Å². The predicted molar refractivity (Wildman–Crippen MR) is 77.8 cm³/mol. The van der Waals surface area contributed by atoms with Gasteiger partial charge in [0.05, 0.1) is 10.4 Å². The van der Waals surface area contributed by atoms with E-state index in [1.807, 2.05) is 16.8 Å². The van der Waals surface area contributed by atoms with Gasteiger partial charge in [0.1, 0.15) is 12.1 Å². The van der Waals surface area contributed by atoms with Gasteiger partial charge in [0, 0.05) is 24.1 Å². The number of nitrogens with zero attached hydrogens (tertiary/aromatic N) is 3. The number of hydrogen-bond donors (Lipinski definition) is 1. The summed E-state index contributed by atoms with van der Waals surface area (Å²) >= 11 is 1.62. The number of rotatable bonds is 4. The SMILES string of the molecule is O=[N+]([O-])c1ccc2ncnc(NCc3ccsc3)c2c1. The Morgan fingerprint density at radius 3 is 2.95 bits per heavy atom. The van der Waals surface area contributed by atoms with E-state index >= 15 is 0 Å². The second kappa shape index (κ2) is 5.22. The number of benzene rings is 1. The fraction of sp³-hybridized carbons (Fsp3) is 0.0769. The van der Waals surface area contributed by atoms with Crippen molar-refractivity contribution in [3.8, 4) is 0 Å². The van der Waals surface area contributed by atoms with E-state index in [-0.39, 0.29) is 5.69 Å². The molecule has 0 saturated carbocycles. The number of aromatic nitrogens is 2. The Morgan fingerprint density at radius 1 is 1.30 bits per heavy atom. The molecule has 20 heavy (non-hydrogen) atoms. The molecule has 0 radical (unpaired) electrons. The minimum atomic E-state index is -0.422. The molecule has 6 nitrogen and oxygen atoms in total. The third kappa shape index (κ3) is 2.43. The normalized spacial score (nSPS) is 10.6. The fourth-order valence-electron chi connectivity index (χ4n) is 1.88. The van der Waals surface area contributed by atoms with E-state index in [1.54, 1.807) is 17.4 Å². The molecule has 0 aliphatic carbocycles. The van der Waals surface area contributed by atoms with Crippen LogP contribution in [0.2, 0.25) is 0 Å². The summed E-state index contributed by atoms with van der Waals surface area (Å²) < 4.78 is 0. The van der Waals surface area contributed by atoms with Crippen LogP contribution in [0.15, 0.2) is 41.4 Å². The number of nitro groups is 1. The lowest BCUT2D eigenvalue weighted by molar-refractivity contribution is -0.384. The van der Waals surface area contributed by atoms with Crippen LogP contribution in [-0.4, -0.2) is 14.9 Å². The lowest BCUT2D eigenvalue weighted by Crippen LogP contribution is -2.02. The number of thiophene rings is 1. The van der Waals surface area contributed by atoms with Gasteiger partial charge in [0.2, 0.25) is 0 Å². The Morgan fingerprint density at radius 2 is 2.20 bits per heavy atom. The molecule has 0 aliphatic heterocycles. The second-order valence-electron chi connectivity index (χ2n) is 4.17. The first-order valence-corrected chi connectivity index (χ1v) is 6.82. The molecule has 100 valence electrons. The van der Waals surface area contributed by atoms with Gasteiger partial charge in [-0.2, -0.15) is 11.3 Å². The molecule has 7 heteroatoms. The number of anilines is 1. The standard InChI is InChI=1S/C13H10N4O2S/c18-17(19)10-1-2-12-11(5-10)13(16-8-15-12)14-6-9-3-4-20-7-9/h1-5,7-8H,6H2,(H,14,15,16). The lowest BCUT2D eigenvalue weighted by atomic mass is 10.2. The summed E-state index contributed by atoms with van der Waals surface area (Å²) in [5, 5.41) is 18.7.